The summed E-state index contributed by atoms with van der Waals surface area (Å²) in [6.45, 7) is 3.53. The average molecular weight is 314 g/mol. The Morgan fingerprint density at radius 2 is 1.71 bits per heavy atom. The first-order valence-corrected chi connectivity index (χ1v) is 6.03. The number of benzene rings is 1. The first kappa shape index (κ1) is 14.7. The van der Waals surface area contributed by atoms with E-state index in [1.807, 2.05) is 0 Å². The summed E-state index contributed by atoms with van der Waals surface area (Å²) in [7, 11) is 0. The fourth-order valence-electron chi connectivity index (χ4n) is 1.01. The molecule has 1 rings (SSSR count). The van der Waals surface area contributed by atoms with Crippen LogP contribution in [0, 0.1) is 0 Å². The van der Waals surface area contributed by atoms with E-state index in [-0.39, 0.29) is 25.8 Å². The van der Waals surface area contributed by atoms with Crippen LogP contribution >= 0.6 is 46.4 Å². The van der Waals surface area contributed by atoms with Crippen LogP contribution in [0.4, 0.5) is 0 Å². The fourth-order valence-corrected chi connectivity index (χ4v) is 1.99. The Bertz CT molecular complexity index is 491. The highest BCUT2D eigenvalue weighted by atomic mass is 35.5. The second kappa shape index (κ2) is 5.96. The molecule has 0 fully saturated rings. The lowest BCUT2D eigenvalue weighted by atomic mass is 10.3. The van der Waals surface area contributed by atoms with E-state index < -0.39 is 5.97 Å². The standard InChI is InChI=1S/C11H8Cl4O2/c1-5(2)3-8(16)17-11-7(13)4-6(12)9(14)10(11)15/h3-4H,1-2H3. The molecule has 0 aromatic heterocycles. The minimum absolute atomic E-state index is 0.00485. The van der Waals surface area contributed by atoms with Crippen molar-refractivity contribution in [2.24, 2.45) is 0 Å². The summed E-state index contributed by atoms with van der Waals surface area (Å²) in [5.41, 5.74) is 0.794. The van der Waals surface area contributed by atoms with Gasteiger partial charge in [0, 0.05) is 6.08 Å². The quantitative estimate of drug-likeness (QED) is 0.247. The van der Waals surface area contributed by atoms with E-state index in [4.69, 9.17) is 51.1 Å². The molecule has 0 unspecified atom stereocenters. The summed E-state index contributed by atoms with van der Waals surface area (Å²) in [5.74, 6) is -0.572. The minimum Gasteiger partial charge on any atom is -0.420 e. The van der Waals surface area contributed by atoms with E-state index in [0.717, 1.165) is 5.57 Å². The highest BCUT2D eigenvalue weighted by Crippen LogP contribution is 2.42. The van der Waals surface area contributed by atoms with Gasteiger partial charge >= 0.3 is 5.97 Å². The number of hydrogen-bond donors (Lipinski definition) is 0. The van der Waals surface area contributed by atoms with Crippen LogP contribution in [0.25, 0.3) is 0 Å². The molecule has 0 spiro atoms. The number of rotatable bonds is 2. The predicted molar refractivity (Wildman–Crippen MR) is 71.5 cm³/mol. The van der Waals surface area contributed by atoms with Crippen molar-refractivity contribution in [1.29, 1.82) is 0 Å². The molecule has 17 heavy (non-hydrogen) atoms. The van der Waals surface area contributed by atoms with Gasteiger partial charge in [0.2, 0.25) is 0 Å². The molecule has 1 aromatic rings. The molecule has 92 valence electrons. The smallest absolute Gasteiger partial charge is 0.336 e. The molecule has 0 saturated heterocycles. The zero-order chi connectivity index (χ0) is 13.2. The van der Waals surface area contributed by atoms with E-state index in [1.165, 1.54) is 12.1 Å². The van der Waals surface area contributed by atoms with Gasteiger partial charge in [-0.15, -0.1) is 0 Å². The Hall–Kier alpha value is -0.410. The van der Waals surface area contributed by atoms with Gasteiger partial charge in [0.25, 0.3) is 0 Å². The summed E-state index contributed by atoms with van der Waals surface area (Å²) >= 11 is 23.3. The van der Waals surface area contributed by atoms with Gasteiger partial charge in [0.05, 0.1) is 15.1 Å². The van der Waals surface area contributed by atoms with Crippen molar-refractivity contribution in [2.45, 2.75) is 13.8 Å². The van der Waals surface area contributed by atoms with E-state index in [0.29, 0.717) is 0 Å². The van der Waals surface area contributed by atoms with Gasteiger partial charge in [-0.2, -0.15) is 0 Å². The first-order chi connectivity index (χ1) is 7.82. The maximum Gasteiger partial charge on any atom is 0.336 e. The summed E-state index contributed by atoms with van der Waals surface area (Å²) in [4.78, 5) is 11.4. The van der Waals surface area contributed by atoms with Crippen LogP contribution in [0.1, 0.15) is 13.8 Å². The van der Waals surface area contributed by atoms with Crippen molar-refractivity contribution in [2.75, 3.05) is 0 Å². The Morgan fingerprint density at radius 1 is 1.12 bits per heavy atom. The van der Waals surface area contributed by atoms with Gasteiger partial charge < -0.3 is 4.74 Å². The van der Waals surface area contributed by atoms with E-state index in [9.17, 15) is 4.79 Å². The van der Waals surface area contributed by atoms with Crippen LogP contribution in [0.5, 0.6) is 5.75 Å². The van der Waals surface area contributed by atoms with E-state index in [2.05, 4.69) is 0 Å². The molecule has 0 bridgehead atoms. The summed E-state index contributed by atoms with van der Waals surface area (Å²) in [6.07, 6.45) is 1.31. The van der Waals surface area contributed by atoms with Crippen LogP contribution < -0.4 is 4.74 Å². The number of esters is 1. The van der Waals surface area contributed by atoms with Gasteiger partial charge in [-0.1, -0.05) is 52.0 Å². The number of ether oxygens (including phenoxy) is 1. The highest BCUT2D eigenvalue weighted by Gasteiger charge is 2.17. The molecule has 6 heteroatoms. The number of allylic oxidation sites excluding steroid dienone is 1. The molecule has 0 radical (unpaired) electrons. The molecule has 0 amide bonds. The number of hydrogen-bond acceptors (Lipinski definition) is 2. The summed E-state index contributed by atoms with van der Waals surface area (Å²) < 4.78 is 5.00. The van der Waals surface area contributed by atoms with Crippen LogP contribution in [0.2, 0.25) is 20.1 Å². The zero-order valence-corrected chi connectivity index (χ0v) is 12.0. The van der Waals surface area contributed by atoms with Crippen molar-refractivity contribution < 1.29 is 9.53 Å². The maximum atomic E-state index is 11.4. The van der Waals surface area contributed by atoms with E-state index in [1.54, 1.807) is 13.8 Å². The van der Waals surface area contributed by atoms with Gasteiger partial charge in [0.1, 0.15) is 5.02 Å². The monoisotopic (exact) mass is 312 g/mol. The lowest BCUT2D eigenvalue weighted by Gasteiger charge is -2.09. The van der Waals surface area contributed by atoms with Gasteiger partial charge in [0.15, 0.2) is 5.75 Å². The number of carbonyl (C=O) groups excluding carboxylic acids is 1. The molecule has 0 N–H and O–H groups in total. The molecule has 0 heterocycles. The molecular formula is C11H8Cl4O2. The van der Waals surface area contributed by atoms with E-state index >= 15 is 0 Å². The third-order valence-electron chi connectivity index (χ3n) is 1.68. The lowest BCUT2D eigenvalue weighted by Crippen LogP contribution is -2.05. The predicted octanol–water partition coefficient (Wildman–Crippen LogP) is 5.17. The van der Waals surface area contributed by atoms with Crippen molar-refractivity contribution in [3.63, 3.8) is 0 Å². The topological polar surface area (TPSA) is 26.3 Å². The second-order valence-electron chi connectivity index (χ2n) is 3.44. The number of carbonyl (C=O) groups is 1. The van der Waals surface area contributed by atoms with Crippen molar-refractivity contribution in [3.8, 4) is 5.75 Å². The minimum atomic E-state index is -0.577. The summed E-state index contributed by atoms with van der Waals surface area (Å²) in [5, 5.41) is 0.431. The molecule has 0 saturated carbocycles. The highest BCUT2D eigenvalue weighted by molar-refractivity contribution is 6.50. The Labute approximate surface area is 119 Å². The molecule has 2 nitrogen and oxygen atoms in total. The first-order valence-electron chi connectivity index (χ1n) is 4.52. The second-order valence-corrected chi connectivity index (χ2v) is 5.01. The molecule has 0 atom stereocenters. The van der Waals surface area contributed by atoms with Crippen molar-refractivity contribution in [1.82, 2.24) is 0 Å². The van der Waals surface area contributed by atoms with Crippen molar-refractivity contribution >= 4 is 52.4 Å². The van der Waals surface area contributed by atoms with Crippen LogP contribution in [-0.4, -0.2) is 5.97 Å². The fraction of sp³-hybridized carbons (Fsp3) is 0.182. The molecular weight excluding hydrogens is 306 g/mol. The average Bonchev–Trinajstić information content (AvgIpc) is 2.20. The molecule has 0 aliphatic heterocycles. The molecule has 1 aromatic carbocycles. The van der Waals surface area contributed by atoms with Crippen LogP contribution in [0.3, 0.4) is 0 Å². The molecule has 0 aliphatic carbocycles. The van der Waals surface area contributed by atoms with Crippen LogP contribution in [-0.2, 0) is 4.79 Å². The van der Waals surface area contributed by atoms with Crippen LogP contribution in [0.15, 0.2) is 17.7 Å². The largest absolute Gasteiger partial charge is 0.420 e. The third-order valence-corrected chi connectivity index (χ3v) is 3.21. The lowest BCUT2D eigenvalue weighted by molar-refractivity contribution is -0.129. The Morgan fingerprint density at radius 3 is 2.24 bits per heavy atom. The van der Waals surface area contributed by atoms with Gasteiger partial charge in [-0.05, 0) is 19.9 Å². The summed E-state index contributed by atoms with van der Waals surface area (Å²) in [6, 6.07) is 1.36. The Balaban J connectivity index is 3.12. The number of halogens is 4. The SMILES string of the molecule is CC(C)=CC(=O)Oc1c(Cl)cc(Cl)c(Cl)c1Cl. The maximum absolute atomic E-state index is 11.4. The third kappa shape index (κ3) is 3.78. The van der Waals surface area contributed by atoms with Gasteiger partial charge in [-0.25, -0.2) is 4.79 Å². The van der Waals surface area contributed by atoms with Crippen molar-refractivity contribution in [3.05, 3.63) is 37.8 Å². The molecule has 0 aliphatic rings. The normalized spacial score (nSPS) is 10.0. The van der Waals surface area contributed by atoms with Gasteiger partial charge in [-0.3, -0.25) is 0 Å². The Kier molecular flexibility index (Phi) is 5.14. The zero-order valence-electron chi connectivity index (χ0n) is 8.98.